The zero-order chi connectivity index (χ0) is 32.1. The number of cyclic esters (lactones) is 1. The number of nitrogens with zero attached hydrogens (tertiary/aromatic N) is 2. The molecule has 0 spiro atoms. The first-order valence-electron chi connectivity index (χ1n) is 17.6. The van der Waals surface area contributed by atoms with Gasteiger partial charge in [-0.1, -0.05) is 78.2 Å². The van der Waals surface area contributed by atoms with Gasteiger partial charge in [-0.25, -0.2) is 4.79 Å². The Morgan fingerprint density at radius 3 is 2.61 bits per heavy atom. The molecule has 0 radical (unpaired) electrons. The topological polar surface area (TPSA) is 71.6 Å². The van der Waals surface area contributed by atoms with Gasteiger partial charge in [0.05, 0.1) is 12.2 Å². The van der Waals surface area contributed by atoms with Crippen LogP contribution in [-0.4, -0.2) is 79.5 Å². The summed E-state index contributed by atoms with van der Waals surface area (Å²) in [5.74, 6) is 0.989. The number of ether oxygens (including phenoxy) is 3. The molecular weight excluding hydrogens is 552 g/mol. The lowest BCUT2D eigenvalue weighted by atomic mass is 9.92. The van der Waals surface area contributed by atoms with Gasteiger partial charge in [-0.15, -0.1) is 0 Å². The standard InChI is InChI=1S/C37H62N2O5/c1-8-15-29(4)36-33(42-36)26-27(2)16-14-18-30(5)35-31(6)20-21-32(28(3)17-10-11-19-34(40)44-35)43-37(41)38(7)24-25-39-22-12-9-13-23-39/h14,16,18,20-21,27-29,31-33,35-36H,8-13,15,17,19,22-26H2,1-7H3. The SMILES string of the molecule is CCCC(C)C1OC1CC(C)C=CC=C(C)C1OC(=O)CCCCC(C)C(OC(=O)N(C)CCN2CCCCC2)C=CC1C. The Balaban J connectivity index is 1.60. The maximum Gasteiger partial charge on any atom is 0.410 e. The average molecular weight is 615 g/mol. The number of amides is 1. The molecule has 1 amide bonds. The third-order valence-electron chi connectivity index (χ3n) is 9.72. The quantitative estimate of drug-likeness (QED) is 0.0961. The number of carbonyl (C=O) groups is 2. The molecule has 3 rings (SSSR count). The van der Waals surface area contributed by atoms with E-state index in [1.807, 2.05) is 20.0 Å². The molecule has 0 aliphatic carbocycles. The summed E-state index contributed by atoms with van der Waals surface area (Å²) in [5.41, 5.74) is 1.01. The summed E-state index contributed by atoms with van der Waals surface area (Å²) in [6.45, 7) is 16.8. The number of likely N-dealkylation sites (N-methyl/N-ethyl adjacent to an activating group) is 1. The maximum atomic E-state index is 13.1. The minimum Gasteiger partial charge on any atom is -0.457 e. The average Bonchev–Trinajstić information content (AvgIpc) is 3.77. The van der Waals surface area contributed by atoms with Crippen molar-refractivity contribution in [1.82, 2.24) is 9.80 Å². The summed E-state index contributed by atoms with van der Waals surface area (Å²) in [7, 11) is 1.83. The van der Waals surface area contributed by atoms with E-state index in [2.05, 4.69) is 63.8 Å². The van der Waals surface area contributed by atoms with E-state index in [9.17, 15) is 9.59 Å². The first-order valence-corrected chi connectivity index (χ1v) is 17.6. The second kappa shape index (κ2) is 18.8. The number of likely N-dealkylation sites (tertiary alicyclic amines) is 1. The molecule has 7 nitrogen and oxygen atoms in total. The van der Waals surface area contributed by atoms with Gasteiger partial charge in [0.15, 0.2) is 0 Å². The van der Waals surface area contributed by atoms with Crippen LogP contribution < -0.4 is 0 Å². The highest BCUT2D eigenvalue weighted by molar-refractivity contribution is 5.70. The predicted octanol–water partition coefficient (Wildman–Crippen LogP) is 7.96. The number of hydrogen-bond donors (Lipinski definition) is 0. The smallest absolute Gasteiger partial charge is 0.410 e. The number of piperidine rings is 1. The lowest BCUT2D eigenvalue weighted by Gasteiger charge is -2.30. The number of rotatable bonds is 12. The molecule has 7 heteroatoms. The van der Waals surface area contributed by atoms with E-state index in [0.717, 1.165) is 50.9 Å². The van der Waals surface area contributed by atoms with E-state index in [1.54, 1.807) is 4.90 Å². The molecule has 0 aromatic carbocycles. The highest BCUT2D eigenvalue weighted by Crippen LogP contribution is 2.36. The van der Waals surface area contributed by atoms with Gasteiger partial charge in [0.2, 0.25) is 0 Å². The summed E-state index contributed by atoms with van der Waals surface area (Å²) >= 11 is 0. The van der Waals surface area contributed by atoms with Gasteiger partial charge in [-0.2, -0.15) is 0 Å². The largest absolute Gasteiger partial charge is 0.457 e. The summed E-state index contributed by atoms with van der Waals surface area (Å²) in [5, 5.41) is 0. The van der Waals surface area contributed by atoms with E-state index in [0.29, 0.717) is 37.0 Å². The fourth-order valence-corrected chi connectivity index (χ4v) is 6.62. The number of hydrogen-bond acceptors (Lipinski definition) is 6. The number of esters is 1. The molecule has 3 aliphatic rings. The molecule has 0 aromatic rings. The molecule has 2 saturated heterocycles. The normalized spacial score (nSPS) is 30.6. The van der Waals surface area contributed by atoms with Crippen molar-refractivity contribution >= 4 is 12.1 Å². The highest BCUT2D eigenvalue weighted by atomic mass is 16.6. The molecule has 44 heavy (non-hydrogen) atoms. The Hall–Kier alpha value is -2.12. The highest BCUT2D eigenvalue weighted by Gasteiger charge is 2.42. The van der Waals surface area contributed by atoms with Crippen LogP contribution in [0, 0.1) is 23.7 Å². The lowest BCUT2D eigenvalue weighted by molar-refractivity contribution is -0.148. The fraction of sp³-hybridized carbons (Fsp3) is 0.784. The number of carbonyl (C=O) groups excluding carboxylic acids is 2. The van der Waals surface area contributed by atoms with Gasteiger partial charge in [0.1, 0.15) is 12.2 Å². The molecule has 3 heterocycles. The van der Waals surface area contributed by atoms with Crippen LogP contribution in [0.2, 0.25) is 0 Å². The Labute approximate surface area is 268 Å². The van der Waals surface area contributed by atoms with Crippen LogP contribution in [0.15, 0.2) is 36.0 Å². The van der Waals surface area contributed by atoms with Crippen molar-refractivity contribution in [1.29, 1.82) is 0 Å². The van der Waals surface area contributed by atoms with Crippen molar-refractivity contribution in [2.75, 3.05) is 33.2 Å². The minimum absolute atomic E-state index is 0.0636. The Kier molecular flexibility index (Phi) is 15.5. The zero-order valence-corrected chi connectivity index (χ0v) is 28.8. The second-order valence-corrected chi connectivity index (χ2v) is 14.0. The van der Waals surface area contributed by atoms with Crippen LogP contribution in [0.25, 0.3) is 0 Å². The molecule has 0 aromatic heterocycles. The van der Waals surface area contributed by atoms with Crippen molar-refractivity contribution in [3.63, 3.8) is 0 Å². The molecule has 0 bridgehead atoms. The van der Waals surface area contributed by atoms with Crippen LogP contribution in [0.4, 0.5) is 4.79 Å². The van der Waals surface area contributed by atoms with E-state index >= 15 is 0 Å². The van der Waals surface area contributed by atoms with Crippen LogP contribution in [0.1, 0.15) is 106 Å². The van der Waals surface area contributed by atoms with Crippen LogP contribution in [0.3, 0.4) is 0 Å². The lowest BCUT2D eigenvalue weighted by Crippen LogP contribution is -2.40. The predicted molar refractivity (Wildman–Crippen MR) is 178 cm³/mol. The Bertz CT molecular complexity index is 971. The molecule has 8 unspecified atom stereocenters. The first kappa shape index (κ1) is 36.3. The van der Waals surface area contributed by atoms with Gasteiger partial charge < -0.3 is 24.0 Å². The van der Waals surface area contributed by atoms with Gasteiger partial charge in [0, 0.05) is 32.5 Å². The summed E-state index contributed by atoms with van der Waals surface area (Å²) < 4.78 is 18.1. The molecule has 2 fully saturated rings. The zero-order valence-electron chi connectivity index (χ0n) is 28.8. The molecule has 0 N–H and O–H groups in total. The van der Waals surface area contributed by atoms with Crippen LogP contribution in [-0.2, 0) is 19.0 Å². The molecule has 0 saturated carbocycles. The van der Waals surface area contributed by atoms with Gasteiger partial charge >= 0.3 is 12.1 Å². The third kappa shape index (κ3) is 12.3. The van der Waals surface area contributed by atoms with Crippen LogP contribution in [0.5, 0.6) is 0 Å². The van der Waals surface area contributed by atoms with Crippen LogP contribution >= 0.6 is 0 Å². The van der Waals surface area contributed by atoms with Crippen molar-refractivity contribution in [2.24, 2.45) is 23.7 Å². The van der Waals surface area contributed by atoms with E-state index < -0.39 is 0 Å². The molecule has 8 atom stereocenters. The minimum atomic E-state index is -0.372. The Morgan fingerprint density at radius 1 is 1.14 bits per heavy atom. The van der Waals surface area contributed by atoms with Crippen molar-refractivity contribution in [2.45, 2.75) is 130 Å². The third-order valence-corrected chi connectivity index (χ3v) is 9.72. The van der Waals surface area contributed by atoms with E-state index in [4.69, 9.17) is 14.2 Å². The van der Waals surface area contributed by atoms with Gasteiger partial charge in [0.25, 0.3) is 0 Å². The van der Waals surface area contributed by atoms with Crippen molar-refractivity contribution in [3.8, 4) is 0 Å². The summed E-state index contributed by atoms with van der Waals surface area (Å²) in [6.07, 6.45) is 20.5. The first-order chi connectivity index (χ1) is 21.1. The van der Waals surface area contributed by atoms with E-state index in [1.165, 1.54) is 32.1 Å². The van der Waals surface area contributed by atoms with Crippen molar-refractivity contribution in [3.05, 3.63) is 36.0 Å². The maximum absolute atomic E-state index is 13.1. The summed E-state index contributed by atoms with van der Waals surface area (Å²) in [4.78, 5) is 30.0. The number of epoxide rings is 1. The monoisotopic (exact) mass is 614 g/mol. The molecule has 250 valence electrons. The summed E-state index contributed by atoms with van der Waals surface area (Å²) in [6, 6.07) is 0. The molecule has 3 aliphatic heterocycles. The van der Waals surface area contributed by atoms with Gasteiger partial charge in [-0.3, -0.25) is 4.79 Å². The number of allylic oxidation sites excluding steroid dienone is 3. The fourth-order valence-electron chi connectivity index (χ4n) is 6.62. The Morgan fingerprint density at radius 2 is 1.89 bits per heavy atom. The van der Waals surface area contributed by atoms with E-state index in [-0.39, 0.29) is 36.1 Å². The van der Waals surface area contributed by atoms with Gasteiger partial charge in [-0.05, 0) is 87.9 Å². The van der Waals surface area contributed by atoms with Crippen molar-refractivity contribution < 1.29 is 23.8 Å². The molecular formula is C37H62N2O5. The second-order valence-electron chi connectivity index (χ2n) is 14.0.